The van der Waals surface area contributed by atoms with Crippen LogP contribution in [0.2, 0.25) is 0 Å². The topological polar surface area (TPSA) is 63.9 Å². The number of nitrogens with one attached hydrogen (secondary N) is 1. The van der Waals surface area contributed by atoms with E-state index < -0.39 is 0 Å². The summed E-state index contributed by atoms with van der Waals surface area (Å²) >= 11 is 0. The number of hydrogen-bond donors (Lipinski definition) is 1. The molecule has 0 radical (unpaired) electrons. The standard InChI is InChI=1S/C25H28N2O4/c28-25(26-22-7-3-1-5-18(22)16-27-11-13-29-14-12-27)17-30-19-9-10-24-21(15-19)20-6-2-4-8-23(20)31-24/h1,3,5,7,9-10,15H,2,4,6,8,11-14,16-17H2,(H,26,28). The van der Waals surface area contributed by atoms with Crippen molar-refractivity contribution >= 4 is 22.6 Å². The first-order chi connectivity index (χ1) is 15.3. The molecule has 0 unspecified atom stereocenters. The van der Waals surface area contributed by atoms with Crippen molar-refractivity contribution in [2.75, 3.05) is 38.2 Å². The molecule has 1 amide bonds. The number of anilines is 1. The molecule has 1 aromatic heterocycles. The van der Waals surface area contributed by atoms with Crippen molar-refractivity contribution in [1.29, 1.82) is 0 Å². The normalized spacial score (nSPS) is 16.8. The minimum Gasteiger partial charge on any atom is -0.484 e. The Labute approximate surface area is 182 Å². The van der Waals surface area contributed by atoms with Gasteiger partial charge in [0.25, 0.3) is 5.91 Å². The Morgan fingerprint density at radius 1 is 1.06 bits per heavy atom. The fraction of sp³-hybridized carbons (Fsp3) is 0.400. The highest BCUT2D eigenvalue weighted by atomic mass is 16.5. The first-order valence-electron chi connectivity index (χ1n) is 11.1. The van der Waals surface area contributed by atoms with Crippen molar-refractivity contribution in [3.63, 3.8) is 0 Å². The molecule has 0 saturated carbocycles. The van der Waals surface area contributed by atoms with Crippen molar-refractivity contribution in [2.45, 2.75) is 32.2 Å². The highest BCUT2D eigenvalue weighted by molar-refractivity contribution is 5.92. The lowest BCUT2D eigenvalue weighted by molar-refractivity contribution is -0.118. The van der Waals surface area contributed by atoms with Gasteiger partial charge in [-0.3, -0.25) is 9.69 Å². The lowest BCUT2D eigenvalue weighted by atomic mass is 9.96. The summed E-state index contributed by atoms with van der Waals surface area (Å²) in [6.07, 6.45) is 4.43. The fourth-order valence-electron chi connectivity index (χ4n) is 4.45. The largest absolute Gasteiger partial charge is 0.484 e. The molecule has 5 rings (SSSR count). The third-order valence-corrected chi connectivity index (χ3v) is 6.09. The van der Waals surface area contributed by atoms with Gasteiger partial charge < -0.3 is 19.2 Å². The summed E-state index contributed by atoms with van der Waals surface area (Å²) in [5, 5.41) is 4.13. The van der Waals surface area contributed by atoms with Crippen LogP contribution in [-0.4, -0.2) is 43.7 Å². The van der Waals surface area contributed by atoms with Crippen molar-refractivity contribution < 1.29 is 18.7 Å². The van der Waals surface area contributed by atoms with Gasteiger partial charge in [0.2, 0.25) is 0 Å². The smallest absolute Gasteiger partial charge is 0.262 e. The molecule has 0 bridgehead atoms. The van der Waals surface area contributed by atoms with Crippen LogP contribution >= 0.6 is 0 Å². The lowest BCUT2D eigenvalue weighted by Gasteiger charge is -2.27. The molecule has 1 N–H and O–H groups in total. The average Bonchev–Trinajstić information content (AvgIpc) is 3.18. The van der Waals surface area contributed by atoms with Crippen LogP contribution in [-0.2, 0) is 28.9 Å². The van der Waals surface area contributed by atoms with E-state index >= 15 is 0 Å². The summed E-state index contributed by atoms with van der Waals surface area (Å²) in [6.45, 7) is 4.09. The lowest BCUT2D eigenvalue weighted by Crippen LogP contribution is -2.36. The second-order valence-corrected chi connectivity index (χ2v) is 8.25. The van der Waals surface area contributed by atoms with Gasteiger partial charge in [0.15, 0.2) is 6.61 Å². The predicted molar refractivity (Wildman–Crippen MR) is 120 cm³/mol. The molecule has 31 heavy (non-hydrogen) atoms. The quantitative estimate of drug-likeness (QED) is 0.649. The van der Waals surface area contributed by atoms with Crippen LogP contribution in [0.25, 0.3) is 11.0 Å². The van der Waals surface area contributed by atoms with E-state index in [2.05, 4.69) is 16.3 Å². The van der Waals surface area contributed by atoms with Gasteiger partial charge in [-0.05, 0) is 49.1 Å². The maximum Gasteiger partial charge on any atom is 0.262 e. The van der Waals surface area contributed by atoms with Gasteiger partial charge >= 0.3 is 0 Å². The minimum atomic E-state index is -0.163. The Kier molecular flexibility index (Phi) is 5.91. The van der Waals surface area contributed by atoms with E-state index in [1.165, 1.54) is 18.4 Å². The van der Waals surface area contributed by atoms with E-state index in [1.54, 1.807) is 0 Å². The third-order valence-electron chi connectivity index (χ3n) is 6.09. The second-order valence-electron chi connectivity index (χ2n) is 8.25. The van der Waals surface area contributed by atoms with Gasteiger partial charge in [-0.25, -0.2) is 0 Å². The van der Waals surface area contributed by atoms with Crippen LogP contribution in [0.5, 0.6) is 5.75 Å². The van der Waals surface area contributed by atoms with E-state index in [9.17, 15) is 4.79 Å². The number of hydrogen-bond acceptors (Lipinski definition) is 5. The van der Waals surface area contributed by atoms with Crippen molar-refractivity contribution in [2.24, 2.45) is 0 Å². The molecule has 0 spiro atoms. The average molecular weight is 421 g/mol. The Bertz CT molecular complexity index is 1070. The first-order valence-corrected chi connectivity index (χ1v) is 11.1. The molecule has 3 aromatic rings. The van der Waals surface area contributed by atoms with Crippen LogP contribution in [0.1, 0.15) is 29.7 Å². The van der Waals surface area contributed by atoms with Crippen molar-refractivity contribution in [3.8, 4) is 5.75 Å². The van der Waals surface area contributed by atoms with Gasteiger partial charge in [0, 0.05) is 42.7 Å². The predicted octanol–water partition coefficient (Wildman–Crippen LogP) is 4.16. The maximum absolute atomic E-state index is 12.6. The number of furan rings is 1. The van der Waals surface area contributed by atoms with Crippen LogP contribution in [0.4, 0.5) is 5.69 Å². The molecular formula is C25H28N2O4. The number of carbonyl (C=O) groups excluding carboxylic acids is 1. The number of aryl methyl sites for hydroxylation is 2. The molecule has 162 valence electrons. The van der Waals surface area contributed by atoms with Gasteiger partial charge in [-0.15, -0.1) is 0 Å². The fourth-order valence-corrected chi connectivity index (χ4v) is 4.45. The van der Waals surface area contributed by atoms with E-state index in [4.69, 9.17) is 13.9 Å². The van der Waals surface area contributed by atoms with Crippen LogP contribution in [0.15, 0.2) is 46.9 Å². The van der Waals surface area contributed by atoms with Gasteiger partial charge in [-0.1, -0.05) is 18.2 Å². The number of carbonyl (C=O) groups is 1. The number of morpholine rings is 1. The van der Waals surface area contributed by atoms with Crippen LogP contribution in [0, 0.1) is 0 Å². The summed E-state index contributed by atoms with van der Waals surface area (Å²) in [6, 6.07) is 13.8. The second kappa shape index (κ2) is 9.12. The van der Waals surface area contributed by atoms with E-state index in [0.717, 1.165) is 73.7 Å². The number of fused-ring (bicyclic) bond motifs is 3. The monoisotopic (exact) mass is 420 g/mol. The van der Waals surface area contributed by atoms with Gasteiger partial charge in [0.1, 0.15) is 17.1 Å². The number of ether oxygens (including phenoxy) is 2. The number of rotatable bonds is 6. The third kappa shape index (κ3) is 4.60. The summed E-state index contributed by atoms with van der Waals surface area (Å²) in [5.74, 6) is 1.63. The zero-order valence-electron chi connectivity index (χ0n) is 17.7. The number of amides is 1. The minimum absolute atomic E-state index is 0.0303. The molecule has 1 fully saturated rings. The van der Waals surface area contributed by atoms with Crippen LogP contribution < -0.4 is 10.1 Å². The summed E-state index contributed by atoms with van der Waals surface area (Å²) < 4.78 is 17.2. The first kappa shape index (κ1) is 20.1. The molecule has 6 heteroatoms. The molecule has 2 aliphatic rings. The molecule has 1 aliphatic carbocycles. The molecule has 0 atom stereocenters. The van der Waals surface area contributed by atoms with Crippen molar-refractivity contribution in [3.05, 3.63) is 59.4 Å². The molecular weight excluding hydrogens is 392 g/mol. The van der Waals surface area contributed by atoms with Gasteiger partial charge in [-0.2, -0.15) is 0 Å². The number of para-hydroxylation sites is 1. The zero-order valence-corrected chi connectivity index (χ0v) is 17.7. The summed E-state index contributed by atoms with van der Waals surface area (Å²) in [5.41, 5.74) is 4.14. The Morgan fingerprint density at radius 3 is 2.81 bits per heavy atom. The Morgan fingerprint density at radius 2 is 1.90 bits per heavy atom. The summed E-state index contributed by atoms with van der Waals surface area (Å²) in [4.78, 5) is 14.9. The maximum atomic E-state index is 12.6. The van der Waals surface area contributed by atoms with Gasteiger partial charge in [0.05, 0.1) is 13.2 Å². The Hall–Kier alpha value is -2.83. The van der Waals surface area contributed by atoms with E-state index in [1.807, 2.05) is 36.4 Å². The highest BCUT2D eigenvalue weighted by Gasteiger charge is 2.18. The number of nitrogens with zero attached hydrogens (tertiary/aromatic N) is 1. The zero-order chi connectivity index (χ0) is 21.0. The Balaban J connectivity index is 1.22. The molecule has 2 aromatic carbocycles. The SMILES string of the molecule is O=C(COc1ccc2oc3c(c2c1)CCCC3)Nc1ccccc1CN1CCOCC1. The number of benzene rings is 2. The molecule has 2 heterocycles. The van der Waals surface area contributed by atoms with E-state index in [-0.39, 0.29) is 12.5 Å². The van der Waals surface area contributed by atoms with Crippen molar-refractivity contribution in [1.82, 2.24) is 4.90 Å². The highest BCUT2D eigenvalue weighted by Crippen LogP contribution is 2.34. The summed E-state index contributed by atoms with van der Waals surface area (Å²) in [7, 11) is 0. The van der Waals surface area contributed by atoms with Crippen LogP contribution in [0.3, 0.4) is 0 Å². The molecule has 1 aliphatic heterocycles. The van der Waals surface area contributed by atoms with E-state index in [0.29, 0.717) is 5.75 Å². The molecule has 6 nitrogen and oxygen atoms in total. The molecule has 1 saturated heterocycles.